The number of hydrogen-bond donors (Lipinski definition) is 0. The van der Waals surface area contributed by atoms with Gasteiger partial charge in [-0.15, -0.1) is 0 Å². The van der Waals surface area contributed by atoms with Gasteiger partial charge in [-0.25, -0.2) is 4.79 Å². The van der Waals surface area contributed by atoms with Crippen molar-refractivity contribution >= 4 is 17.0 Å². The van der Waals surface area contributed by atoms with Crippen LogP contribution in [0.3, 0.4) is 0 Å². The molecule has 1 aromatic rings. The molecule has 0 aliphatic heterocycles. The molecule has 1 atom stereocenters. The summed E-state index contributed by atoms with van der Waals surface area (Å²) in [4.78, 5) is 11.0. The maximum atomic E-state index is 11.0. The summed E-state index contributed by atoms with van der Waals surface area (Å²) in [6.45, 7) is 0. The molecule has 0 N–H and O–H groups in total. The number of methoxy groups -OCH3 is 1. The molecule has 0 saturated carbocycles. The van der Waals surface area contributed by atoms with Gasteiger partial charge in [0.05, 0.1) is 13.3 Å². The van der Waals surface area contributed by atoms with E-state index < -0.39 is 17.0 Å². The molecule has 0 aliphatic carbocycles. The second-order valence-electron chi connectivity index (χ2n) is 2.21. The molecule has 1 aromatic heterocycles. The largest absolute Gasteiger partial charge is 1.00 e. The maximum Gasteiger partial charge on any atom is 1.00 e. The van der Waals surface area contributed by atoms with Gasteiger partial charge in [-0.3, -0.25) is 8.89 Å². The quantitative estimate of drug-likeness (QED) is 0.296. The summed E-state index contributed by atoms with van der Waals surface area (Å²) in [5.74, 6) is -0.715. The van der Waals surface area contributed by atoms with Crippen LogP contribution in [0.25, 0.3) is 0 Å². The van der Waals surface area contributed by atoms with Crippen LogP contribution in [0, 0.1) is 0 Å². The minimum atomic E-state index is -2.49. The maximum absolute atomic E-state index is 11.0. The number of esters is 1. The smallest absolute Gasteiger partial charge is 0.767 e. The van der Waals surface area contributed by atoms with Crippen molar-refractivity contribution in [1.82, 2.24) is 9.78 Å². The first kappa shape index (κ1) is 13.8. The van der Waals surface area contributed by atoms with Crippen molar-refractivity contribution < 1.29 is 47.9 Å². The number of nitrogens with zero attached hydrogens (tertiary/aromatic N) is 2. The van der Waals surface area contributed by atoms with Crippen LogP contribution >= 0.6 is 0 Å². The molecule has 8 heteroatoms. The first-order valence-corrected chi connectivity index (χ1v) is 4.35. The van der Waals surface area contributed by atoms with Crippen LogP contribution in [-0.2, 0) is 22.9 Å². The predicted octanol–water partition coefficient (Wildman–Crippen LogP) is -3.55. The Morgan fingerprint density at radius 2 is 2.29 bits per heavy atom. The summed E-state index contributed by atoms with van der Waals surface area (Å²) in [5.41, 5.74) is -0.0571. The van der Waals surface area contributed by atoms with Crippen LogP contribution in [0.15, 0.2) is 11.2 Å². The molecule has 0 fully saturated rings. The van der Waals surface area contributed by atoms with E-state index in [2.05, 4.69) is 9.84 Å². The van der Waals surface area contributed by atoms with Crippen molar-refractivity contribution in [3.63, 3.8) is 0 Å². The molecule has 0 bridgehead atoms. The first-order chi connectivity index (χ1) is 6.07. The summed E-state index contributed by atoms with van der Waals surface area (Å²) >= 11 is -2.49. The molecule has 0 aliphatic rings. The second kappa shape index (κ2) is 5.62. The van der Waals surface area contributed by atoms with E-state index in [9.17, 15) is 13.6 Å². The fourth-order valence-electron chi connectivity index (χ4n) is 0.874. The molecule has 0 aromatic carbocycles. The van der Waals surface area contributed by atoms with Gasteiger partial charge in [-0.1, -0.05) is 0 Å². The van der Waals surface area contributed by atoms with Gasteiger partial charge in [0, 0.05) is 7.05 Å². The van der Waals surface area contributed by atoms with Crippen molar-refractivity contribution in [3.05, 3.63) is 11.8 Å². The number of carbonyl (C=O) groups is 1. The van der Waals surface area contributed by atoms with E-state index in [1.165, 1.54) is 14.2 Å². The van der Waals surface area contributed by atoms with Gasteiger partial charge >= 0.3 is 35.5 Å². The topological polar surface area (TPSA) is 84.2 Å². The van der Waals surface area contributed by atoms with Gasteiger partial charge in [0.25, 0.3) is 0 Å². The molecule has 14 heavy (non-hydrogen) atoms. The van der Waals surface area contributed by atoms with E-state index in [1.54, 1.807) is 0 Å². The Balaban J connectivity index is 0.00000169. The summed E-state index contributed by atoms with van der Waals surface area (Å²) < 4.78 is 26.8. The average molecular weight is 226 g/mol. The average Bonchev–Trinajstić information content (AvgIpc) is 2.45. The molecule has 1 rings (SSSR count). The summed E-state index contributed by atoms with van der Waals surface area (Å²) in [6, 6.07) is 0. The number of aromatic nitrogens is 2. The van der Waals surface area contributed by atoms with Crippen LogP contribution in [-0.4, -0.2) is 31.6 Å². The standard InChI is InChI=1S/C6H8N2O4S.Na/c1-8-5(13(10)11)4(3-7-8)6(9)12-2;/h3H,1-2H3,(H,10,11);/q;+1/p-1. The summed E-state index contributed by atoms with van der Waals surface area (Å²) in [6.07, 6.45) is 1.15. The Labute approximate surface area is 105 Å². The fraction of sp³-hybridized carbons (Fsp3) is 0.333. The summed E-state index contributed by atoms with van der Waals surface area (Å²) in [5, 5.41) is 3.46. The van der Waals surface area contributed by atoms with Crippen LogP contribution < -0.4 is 29.6 Å². The number of ether oxygens (including phenoxy) is 1. The molecule has 0 spiro atoms. The molecule has 0 saturated heterocycles. The third kappa shape index (κ3) is 2.64. The fourth-order valence-corrected chi connectivity index (χ4v) is 1.45. The molecule has 72 valence electrons. The number of rotatable bonds is 2. The molecule has 1 heterocycles. The zero-order valence-electron chi connectivity index (χ0n) is 8.01. The van der Waals surface area contributed by atoms with Crippen LogP contribution in [0.5, 0.6) is 0 Å². The third-order valence-corrected chi connectivity index (χ3v) is 2.25. The Hall–Kier alpha value is -0.210. The normalized spacial score (nSPS) is 11.6. The minimum absolute atomic E-state index is 0. The summed E-state index contributed by atoms with van der Waals surface area (Å²) in [7, 11) is 2.60. The van der Waals surface area contributed by atoms with Crippen molar-refractivity contribution in [2.45, 2.75) is 5.03 Å². The zero-order valence-corrected chi connectivity index (χ0v) is 10.8. The Kier molecular flexibility index (Phi) is 5.53. The number of aryl methyl sites for hydroxylation is 1. The van der Waals surface area contributed by atoms with Crippen LogP contribution in [0.1, 0.15) is 10.4 Å². The van der Waals surface area contributed by atoms with Gasteiger partial charge in [-0.05, 0) is 11.1 Å². The molecular weight excluding hydrogens is 219 g/mol. The van der Waals surface area contributed by atoms with E-state index >= 15 is 0 Å². The van der Waals surface area contributed by atoms with Crippen molar-refractivity contribution in [3.8, 4) is 0 Å². The van der Waals surface area contributed by atoms with Crippen molar-refractivity contribution in [2.75, 3.05) is 7.11 Å². The van der Waals surface area contributed by atoms with E-state index in [0.29, 0.717) is 0 Å². The minimum Gasteiger partial charge on any atom is -0.767 e. The van der Waals surface area contributed by atoms with Gasteiger partial charge < -0.3 is 9.29 Å². The van der Waals surface area contributed by atoms with E-state index in [1.807, 2.05) is 0 Å². The zero-order chi connectivity index (χ0) is 10.0. The monoisotopic (exact) mass is 226 g/mol. The third-order valence-electron chi connectivity index (χ3n) is 1.45. The first-order valence-electron chi connectivity index (χ1n) is 3.27. The second-order valence-corrected chi connectivity index (χ2v) is 3.07. The van der Waals surface area contributed by atoms with Gasteiger partial charge in [0.15, 0.2) is 0 Å². The molecular formula is C6H7N2NaO4S. The molecule has 1 unspecified atom stereocenters. The van der Waals surface area contributed by atoms with Crippen molar-refractivity contribution in [2.24, 2.45) is 7.05 Å². The molecule has 6 nitrogen and oxygen atoms in total. The SMILES string of the molecule is COC(=O)c1cnn(C)c1S(=O)[O-].[Na+]. The van der Waals surface area contributed by atoms with E-state index in [0.717, 1.165) is 10.9 Å². The van der Waals surface area contributed by atoms with E-state index in [4.69, 9.17) is 0 Å². The van der Waals surface area contributed by atoms with Gasteiger partial charge in [-0.2, -0.15) is 5.10 Å². The Morgan fingerprint density at radius 3 is 2.71 bits per heavy atom. The number of hydrogen-bond acceptors (Lipinski definition) is 5. The van der Waals surface area contributed by atoms with Crippen molar-refractivity contribution in [1.29, 1.82) is 0 Å². The Morgan fingerprint density at radius 1 is 1.71 bits per heavy atom. The molecule has 0 radical (unpaired) electrons. The Bertz CT molecular complexity index is 365. The predicted molar refractivity (Wildman–Crippen MR) is 41.7 cm³/mol. The van der Waals surface area contributed by atoms with Crippen LogP contribution in [0.4, 0.5) is 0 Å². The van der Waals surface area contributed by atoms with E-state index in [-0.39, 0.29) is 40.1 Å². The molecule has 0 amide bonds. The number of carbonyl (C=O) groups excluding carboxylic acids is 1. The van der Waals surface area contributed by atoms with Gasteiger partial charge in [0.1, 0.15) is 10.6 Å². The van der Waals surface area contributed by atoms with Crippen LogP contribution in [0.2, 0.25) is 0 Å². The van der Waals surface area contributed by atoms with Gasteiger partial charge in [0.2, 0.25) is 0 Å².